The van der Waals surface area contributed by atoms with Crippen LogP contribution in [0.3, 0.4) is 0 Å². The zero-order valence-corrected chi connectivity index (χ0v) is 13.3. The van der Waals surface area contributed by atoms with E-state index in [1.807, 2.05) is 0 Å². The summed E-state index contributed by atoms with van der Waals surface area (Å²) in [6.07, 6.45) is 0. The summed E-state index contributed by atoms with van der Waals surface area (Å²) in [5.74, 6) is 1.71. The Kier molecular flexibility index (Phi) is 4.90. The van der Waals surface area contributed by atoms with Gasteiger partial charge >= 0.3 is 0 Å². The van der Waals surface area contributed by atoms with Crippen LogP contribution in [-0.2, 0) is 0 Å². The zero-order valence-electron chi connectivity index (χ0n) is 11.1. The summed E-state index contributed by atoms with van der Waals surface area (Å²) in [6, 6.07) is 5.49. The molecule has 0 saturated carbocycles. The molecule has 5 heteroatoms. The zero-order chi connectivity index (χ0) is 13.8. The Balaban J connectivity index is 2.11. The topological polar surface area (TPSA) is 47.6 Å². The molecule has 0 fully saturated rings. The highest BCUT2D eigenvalue weighted by atomic mass is 127. The van der Waals surface area contributed by atoms with Crippen molar-refractivity contribution < 1.29 is 14.3 Å². The lowest BCUT2D eigenvalue weighted by Gasteiger charge is -2.21. The van der Waals surface area contributed by atoms with Gasteiger partial charge in [0, 0.05) is 16.0 Å². The highest BCUT2D eigenvalue weighted by Gasteiger charge is 2.18. The maximum atomic E-state index is 12.2. The van der Waals surface area contributed by atoms with Gasteiger partial charge in [0.25, 0.3) is 5.91 Å². The molecular formula is C14H18INO3. The number of ether oxygens (including phenoxy) is 2. The Labute approximate surface area is 127 Å². The van der Waals surface area contributed by atoms with E-state index in [2.05, 4.69) is 41.8 Å². The Morgan fingerprint density at radius 3 is 2.63 bits per heavy atom. The fraction of sp³-hybridized carbons (Fsp3) is 0.500. The first-order valence-electron chi connectivity index (χ1n) is 6.38. The van der Waals surface area contributed by atoms with Crippen molar-refractivity contribution in [3.8, 4) is 11.5 Å². The summed E-state index contributed by atoms with van der Waals surface area (Å²) < 4.78 is 11.8. The summed E-state index contributed by atoms with van der Waals surface area (Å²) in [7, 11) is 0. The van der Waals surface area contributed by atoms with Gasteiger partial charge in [0.05, 0.1) is 0 Å². The summed E-state index contributed by atoms with van der Waals surface area (Å²) in [5, 5.41) is 3.05. The smallest absolute Gasteiger partial charge is 0.251 e. The highest BCUT2D eigenvalue weighted by Crippen LogP contribution is 2.30. The molecule has 0 saturated heterocycles. The van der Waals surface area contributed by atoms with Crippen molar-refractivity contribution in [2.75, 3.05) is 17.6 Å². The number of carbonyl (C=O) groups is 1. The maximum absolute atomic E-state index is 12.2. The van der Waals surface area contributed by atoms with Crippen molar-refractivity contribution in [3.63, 3.8) is 0 Å². The number of rotatable bonds is 4. The molecule has 1 aromatic rings. The number of hydrogen-bond donors (Lipinski definition) is 1. The molecule has 4 nitrogen and oxygen atoms in total. The fourth-order valence-corrected chi connectivity index (χ4v) is 3.06. The summed E-state index contributed by atoms with van der Waals surface area (Å²) >= 11 is 2.29. The number of hydrogen-bond acceptors (Lipinski definition) is 3. The van der Waals surface area contributed by atoms with Crippen LogP contribution in [0.2, 0.25) is 0 Å². The van der Waals surface area contributed by atoms with Gasteiger partial charge in [-0.05, 0) is 24.1 Å². The molecule has 1 unspecified atom stereocenters. The van der Waals surface area contributed by atoms with Gasteiger partial charge in [-0.2, -0.15) is 0 Å². The standard InChI is InChI=1S/C14H18INO3/c1-9(2)11(8-15)16-14(17)10-3-4-12-13(7-10)19-6-5-18-12/h3-4,7,9,11H,5-6,8H2,1-2H3,(H,16,17). The van der Waals surface area contributed by atoms with E-state index in [9.17, 15) is 4.79 Å². The van der Waals surface area contributed by atoms with Gasteiger partial charge in [0.1, 0.15) is 13.2 Å². The van der Waals surface area contributed by atoms with E-state index in [0.717, 1.165) is 4.43 Å². The Morgan fingerprint density at radius 2 is 2.00 bits per heavy atom. The maximum Gasteiger partial charge on any atom is 0.251 e. The van der Waals surface area contributed by atoms with Crippen molar-refractivity contribution in [1.29, 1.82) is 0 Å². The van der Waals surface area contributed by atoms with E-state index < -0.39 is 0 Å². The van der Waals surface area contributed by atoms with Crippen LogP contribution in [0, 0.1) is 5.92 Å². The molecule has 1 heterocycles. The van der Waals surface area contributed by atoms with Crippen LogP contribution < -0.4 is 14.8 Å². The molecule has 0 aromatic heterocycles. The molecule has 2 rings (SSSR count). The van der Waals surface area contributed by atoms with E-state index in [4.69, 9.17) is 9.47 Å². The first-order chi connectivity index (χ1) is 9.11. The minimum atomic E-state index is -0.0626. The van der Waals surface area contributed by atoms with Crippen molar-refractivity contribution in [2.24, 2.45) is 5.92 Å². The van der Waals surface area contributed by atoms with Gasteiger partial charge in [-0.3, -0.25) is 4.79 Å². The quantitative estimate of drug-likeness (QED) is 0.650. The number of amides is 1. The van der Waals surface area contributed by atoms with Gasteiger partial charge in [-0.25, -0.2) is 0 Å². The van der Waals surface area contributed by atoms with Crippen molar-refractivity contribution >= 4 is 28.5 Å². The van der Waals surface area contributed by atoms with E-state index in [1.165, 1.54) is 0 Å². The Bertz CT molecular complexity index is 462. The minimum Gasteiger partial charge on any atom is -0.486 e. The predicted molar refractivity (Wildman–Crippen MR) is 82.4 cm³/mol. The summed E-state index contributed by atoms with van der Waals surface area (Å²) in [5.41, 5.74) is 0.611. The number of alkyl halides is 1. The lowest BCUT2D eigenvalue weighted by atomic mass is 10.1. The van der Waals surface area contributed by atoms with Crippen LogP contribution in [0.5, 0.6) is 11.5 Å². The molecule has 0 spiro atoms. The second kappa shape index (κ2) is 6.45. The summed E-state index contributed by atoms with van der Waals surface area (Å²) in [6.45, 7) is 5.30. The number of benzene rings is 1. The average Bonchev–Trinajstić information content (AvgIpc) is 2.43. The van der Waals surface area contributed by atoms with Crippen LogP contribution in [0.15, 0.2) is 18.2 Å². The van der Waals surface area contributed by atoms with Crippen LogP contribution >= 0.6 is 22.6 Å². The minimum absolute atomic E-state index is 0.0626. The molecule has 1 atom stereocenters. The van der Waals surface area contributed by atoms with Gasteiger partial charge in [0.15, 0.2) is 11.5 Å². The summed E-state index contributed by atoms with van der Waals surface area (Å²) in [4.78, 5) is 12.2. The molecule has 1 aliphatic heterocycles. The fourth-order valence-electron chi connectivity index (χ4n) is 1.82. The Hall–Kier alpha value is -0.980. The molecular weight excluding hydrogens is 357 g/mol. The lowest BCUT2D eigenvalue weighted by molar-refractivity contribution is 0.0931. The van der Waals surface area contributed by atoms with Crippen molar-refractivity contribution in [2.45, 2.75) is 19.9 Å². The average molecular weight is 375 g/mol. The van der Waals surface area contributed by atoms with Gasteiger partial charge in [-0.15, -0.1) is 0 Å². The van der Waals surface area contributed by atoms with E-state index >= 15 is 0 Å². The van der Waals surface area contributed by atoms with E-state index in [1.54, 1.807) is 18.2 Å². The third kappa shape index (κ3) is 3.52. The Morgan fingerprint density at radius 1 is 1.32 bits per heavy atom. The molecule has 0 bridgehead atoms. The first kappa shape index (κ1) is 14.4. The molecule has 1 aromatic carbocycles. The number of halogens is 1. The van der Waals surface area contributed by atoms with Crippen LogP contribution in [0.4, 0.5) is 0 Å². The van der Waals surface area contributed by atoms with Crippen LogP contribution in [0.1, 0.15) is 24.2 Å². The highest BCUT2D eigenvalue weighted by molar-refractivity contribution is 14.1. The molecule has 1 aliphatic rings. The second-order valence-electron chi connectivity index (χ2n) is 4.84. The van der Waals surface area contributed by atoms with E-state index in [-0.39, 0.29) is 11.9 Å². The lowest BCUT2D eigenvalue weighted by Crippen LogP contribution is -2.39. The van der Waals surface area contributed by atoms with Gasteiger partial charge < -0.3 is 14.8 Å². The number of carbonyl (C=O) groups excluding carboxylic acids is 1. The normalized spacial score (nSPS) is 15.2. The monoisotopic (exact) mass is 375 g/mol. The molecule has 0 radical (unpaired) electrons. The van der Waals surface area contributed by atoms with Gasteiger partial charge in [0.2, 0.25) is 0 Å². The van der Waals surface area contributed by atoms with Crippen molar-refractivity contribution in [1.82, 2.24) is 5.32 Å². The molecule has 0 aliphatic carbocycles. The first-order valence-corrected chi connectivity index (χ1v) is 7.91. The molecule has 104 valence electrons. The van der Waals surface area contributed by atoms with Crippen LogP contribution in [-0.4, -0.2) is 29.6 Å². The van der Waals surface area contributed by atoms with Gasteiger partial charge in [-0.1, -0.05) is 36.4 Å². The predicted octanol–water partition coefficient (Wildman–Crippen LogP) is 2.65. The van der Waals surface area contributed by atoms with Crippen molar-refractivity contribution in [3.05, 3.63) is 23.8 Å². The van der Waals surface area contributed by atoms with Crippen LogP contribution in [0.25, 0.3) is 0 Å². The van der Waals surface area contributed by atoms with E-state index in [0.29, 0.717) is 36.2 Å². The molecule has 1 amide bonds. The largest absolute Gasteiger partial charge is 0.486 e. The second-order valence-corrected chi connectivity index (χ2v) is 5.72. The molecule has 19 heavy (non-hydrogen) atoms. The third-order valence-corrected chi connectivity index (χ3v) is 4.04. The third-order valence-electron chi connectivity index (χ3n) is 3.09. The SMILES string of the molecule is CC(C)C(CI)NC(=O)c1ccc2c(c1)OCCO2. The number of fused-ring (bicyclic) bond motifs is 1. The number of nitrogens with one attached hydrogen (secondary N) is 1. The molecule has 1 N–H and O–H groups in total.